The second-order valence-electron chi connectivity index (χ2n) is 5.68. The van der Waals surface area contributed by atoms with Crippen LogP contribution in [0.25, 0.3) is 0 Å². The summed E-state index contributed by atoms with van der Waals surface area (Å²) in [6.45, 7) is 6.34. The molecule has 0 aromatic heterocycles. The van der Waals surface area contributed by atoms with Gasteiger partial charge in [-0.05, 0) is 54.4 Å². The van der Waals surface area contributed by atoms with Crippen molar-refractivity contribution < 1.29 is 14.2 Å². The van der Waals surface area contributed by atoms with E-state index in [1.807, 2.05) is 48.5 Å². The number of methoxy groups -OCH3 is 1. The summed E-state index contributed by atoms with van der Waals surface area (Å²) < 4.78 is 16.4. The Morgan fingerprint density at radius 1 is 0.826 bits per heavy atom. The van der Waals surface area contributed by atoms with Gasteiger partial charge in [-0.15, -0.1) is 0 Å². The summed E-state index contributed by atoms with van der Waals surface area (Å²) in [4.78, 5) is 0. The van der Waals surface area contributed by atoms with E-state index in [0.717, 1.165) is 36.1 Å². The van der Waals surface area contributed by atoms with E-state index in [-0.39, 0.29) is 0 Å². The molecule has 0 atom stereocenters. The SMILES string of the molecule is COc1ccc(OCCNc2ccc(OCC(C)C)cc2)cc1. The van der Waals surface area contributed by atoms with Gasteiger partial charge in [0.05, 0.1) is 13.7 Å². The van der Waals surface area contributed by atoms with Crippen LogP contribution in [0.2, 0.25) is 0 Å². The fourth-order valence-electron chi connectivity index (χ4n) is 1.97. The number of ether oxygens (including phenoxy) is 3. The first kappa shape index (κ1) is 17.0. The molecule has 1 N–H and O–H groups in total. The Hall–Kier alpha value is -2.36. The first-order valence-electron chi connectivity index (χ1n) is 7.91. The van der Waals surface area contributed by atoms with Crippen molar-refractivity contribution in [1.29, 1.82) is 0 Å². The van der Waals surface area contributed by atoms with Crippen LogP contribution in [0.15, 0.2) is 48.5 Å². The van der Waals surface area contributed by atoms with Crippen LogP contribution < -0.4 is 19.5 Å². The first-order chi connectivity index (χ1) is 11.2. The monoisotopic (exact) mass is 315 g/mol. The van der Waals surface area contributed by atoms with Gasteiger partial charge in [0, 0.05) is 12.2 Å². The van der Waals surface area contributed by atoms with Crippen LogP contribution in [0, 0.1) is 5.92 Å². The molecule has 0 aliphatic carbocycles. The number of hydrogen-bond acceptors (Lipinski definition) is 4. The van der Waals surface area contributed by atoms with Crippen LogP contribution >= 0.6 is 0 Å². The summed E-state index contributed by atoms with van der Waals surface area (Å²) in [5.41, 5.74) is 1.06. The van der Waals surface area contributed by atoms with Gasteiger partial charge in [-0.2, -0.15) is 0 Å². The third kappa shape index (κ3) is 6.10. The third-order valence-electron chi connectivity index (χ3n) is 3.20. The van der Waals surface area contributed by atoms with Crippen LogP contribution in [-0.2, 0) is 0 Å². The molecular formula is C19H25NO3. The molecule has 124 valence electrons. The molecule has 0 bridgehead atoms. The summed E-state index contributed by atoms with van der Waals surface area (Å²) in [5, 5.41) is 3.32. The summed E-state index contributed by atoms with van der Waals surface area (Å²) in [6.07, 6.45) is 0. The van der Waals surface area contributed by atoms with Crippen LogP contribution in [0.3, 0.4) is 0 Å². The van der Waals surface area contributed by atoms with Crippen LogP contribution in [-0.4, -0.2) is 26.9 Å². The van der Waals surface area contributed by atoms with Gasteiger partial charge in [-0.1, -0.05) is 13.8 Å². The van der Waals surface area contributed by atoms with Gasteiger partial charge in [0.2, 0.25) is 0 Å². The van der Waals surface area contributed by atoms with Crippen molar-refractivity contribution in [3.63, 3.8) is 0 Å². The van der Waals surface area contributed by atoms with Crippen molar-refractivity contribution >= 4 is 5.69 Å². The number of hydrogen-bond donors (Lipinski definition) is 1. The molecule has 0 fully saturated rings. The summed E-state index contributed by atoms with van der Waals surface area (Å²) in [5.74, 6) is 3.10. The van der Waals surface area contributed by atoms with E-state index in [1.54, 1.807) is 7.11 Å². The van der Waals surface area contributed by atoms with E-state index >= 15 is 0 Å². The molecule has 23 heavy (non-hydrogen) atoms. The Bertz CT molecular complexity index is 564. The molecule has 0 unspecified atom stereocenters. The van der Waals surface area contributed by atoms with Crippen LogP contribution in [0.5, 0.6) is 17.2 Å². The molecule has 0 heterocycles. The van der Waals surface area contributed by atoms with Gasteiger partial charge in [-0.25, -0.2) is 0 Å². The van der Waals surface area contributed by atoms with E-state index < -0.39 is 0 Å². The summed E-state index contributed by atoms with van der Waals surface area (Å²) in [6, 6.07) is 15.6. The van der Waals surface area contributed by atoms with Gasteiger partial charge in [0.25, 0.3) is 0 Å². The zero-order valence-corrected chi connectivity index (χ0v) is 14.0. The normalized spacial score (nSPS) is 10.4. The first-order valence-corrected chi connectivity index (χ1v) is 7.91. The lowest BCUT2D eigenvalue weighted by Crippen LogP contribution is -2.11. The smallest absolute Gasteiger partial charge is 0.119 e. The van der Waals surface area contributed by atoms with Gasteiger partial charge < -0.3 is 19.5 Å². The molecule has 0 aliphatic rings. The van der Waals surface area contributed by atoms with Gasteiger partial charge >= 0.3 is 0 Å². The van der Waals surface area contributed by atoms with E-state index in [0.29, 0.717) is 12.5 Å². The maximum Gasteiger partial charge on any atom is 0.119 e. The van der Waals surface area contributed by atoms with Crippen LogP contribution in [0.1, 0.15) is 13.8 Å². The lowest BCUT2D eigenvalue weighted by molar-refractivity contribution is 0.271. The van der Waals surface area contributed by atoms with E-state index in [9.17, 15) is 0 Å². The summed E-state index contributed by atoms with van der Waals surface area (Å²) in [7, 11) is 1.65. The molecule has 0 saturated carbocycles. The molecule has 0 saturated heterocycles. The van der Waals surface area contributed by atoms with E-state index in [4.69, 9.17) is 14.2 Å². The van der Waals surface area contributed by atoms with Crippen molar-refractivity contribution in [2.45, 2.75) is 13.8 Å². The molecule has 0 radical (unpaired) electrons. The zero-order valence-electron chi connectivity index (χ0n) is 14.0. The second-order valence-corrected chi connectivity index (χ2v) is 5.68. The van der Waals surface area contributed by atoms with E-state index in [1.165, 1.54) is 0 Å². The molecule has 0 aliphatic heterocycles. The van der Waals surface area contributed by atoms with Crippen molar-refractivity contribution in [1.82, 2.24) is 0 Å². The molecule has 2 rings (SSSR count). The molecule has 4 heteroatoms. The molecule has 0 spiro atoms. The Morgan fingerprint density at radius 3 is 2.00 bits per heavy atom. The summed E-state index contributed by atoms with van der Waals surface area (Å²) >= 11 is 0. The van der Waals surface area contributed by atoms with Crippen molar-refractivity contribution in [2.24, 2.45) is 5.92 Å². The number of rotatable bonds is 9. The maximum atomic E-state index is 5.67. The number of nitrogens with one attached hydrogen (secondary N) is 1. The largest absolute Gasteiger partial charge is 0.497 e. The van der Waals surface area contributed by atoms with E-state index in [2.05, 4.69) is 19.2 Å². The van der Waals surface area contributed by atoms with Crippen molar-refractivity contribution in [3.8, 4) is 17.2 Å². The topological polar surface area (TPSA) is 39.7 Å². The fourth-order valence-corrected chi connectivity index (χ4v) is 1.97. The Kier molecular flexibility index (Phi) is 6.60. The highest BCUT2D eigenvalue weighted by Gasteiger charge is 1.99. The molecular weight excluding hydrogens is 290 g/mol. The molecule has 4 nitrogen and oxygen atoms in total. The number of benzene rings is 2. The average Bonchev–Trinajstić information content (AvgIpc) is 2.58. The predicted octanol–water partition coefficient (Wildman–Crippen LogP) is 4.22. The minimum Gasteiger partial charge on any atom is -0.497 e. The predicted molar refractivity (Wildman–Crippen MR) is 93.8 cm³/mol. The highest BCUT2D eigenvalue weighted by molar-refractivity contribution is 5.46. The van der Waals surface area contributed by atoms with Gasteiger partial charge in [-0.3, -0.25) is 0 Å². The quantitative estimate of drug-likeness (QED) is 0.703. The van der Waals surface area contributed by atoms with Crippen molar-refractivity contribution in [3.05, 3.63) is 48.5 Å². The maximum absolute atomic E-state index is 5.67. The number of anilines is 1. The standard InChI is InChI=1S/C19H25NO3/c1-15(2)14-23-19-6-4-16(5-7-19)20-12-13-22-18-10-8-17(21-3)9-11-18/h4-11,15,20H,12-14H2,1-3H3. The lowest BCUT2D eigenvalue weighted by atomic mass is 10.2. The lowest BCUT2D eigenvalue weighted by Gasteiger charge is -2.11. The minimum atomic E-state index is 0.530. The van der Waals surface area contributed by atoms with Crippen molar-refractivity contribution in [2.75, 3.05) is 32.2 Å². The Balaban J connectivity index is 1.69. The van der Waals surface area contributed by atoms with Gasteiger partial charge in [0.15, 0.2) is 0 Å². The Labute approximate surface area is 138 Å². The van der Waals surface area contributed by atoms with Gasteiger partial charge in [0.1, 0.15) is 23.9 Å². The molecule has 2 aromatic carbocycles. The zero-order chi connectivity index (χ0) is 16.5. The third-order valence-corrected chi connectivity index (χ3v) is 3.20. The molecule has 0 amide bonds. The Morgan fingerprint density at radius 2 is 1.39 bits per heavy atom. The highest BCUT2D eigenvalue weighted by atomic mass is 16.5. The molecule has 2 aromatic rings. The van der Waals surface area contributed by atoms with Crippen LogP contribution in [0.4, 0.5) is 5.69 Å². The fraction of sp³-hybridized carbons (Fsp3) is 0.368. The highest BCUT2D eigenvalue weighted by Crippen LogP contribution is 2.18. The second kappa shape index (κ2) is 8.93. The average molecular weight is 315 g/mol. The minimum absolute atomic E-state index is 0.530.